The summed E-state index contributed by atoms with van der Waals surface area (Å²) < 4.78 is 16.3. The van der Waals surface area contributed by atoms with Crippen molar-refractivity contribution in [2.45, 2.75) is 20.0 Å². The number of benzene rings is 2. The highest BCUT2D eigenvalue weighted by Gasteiger charge is 2.15. The molecule has 1 heterocycles. The van der Waals surface area contributed by atoms with Gasteiger partial charge in [0.15, 0.2) is 6.10 Å². The zero-order valence-electron chi connectivity index (χ0n) is 14.4. The summed E-state index contributed by atoms with van der Waals surface area (Å²) in [6.45, 7) is 3.73. The number of aromatic nitrogens is 1. The van der Waals surface area contributed by atoms with E-state index in [4.69, 9.17) is 25.8 Å². The van der Waals surface area contributed by atoms with Crippen LogP contribution in [0.25, 0.3) is 10.9 Å². The summed E-state index contributed by atoms with van der Waals surface area (Å²) in [6.07, 6.45) is 0.986. The van der Waals surface area contributed by atoms with Crippen LogP contribution in [0.5, 0.6) is 17.2 Å². The number of esters is 1. The van der Waals surface area contributed by atoms with Gasteiger partial charge in [-0.15, -0.1) is 0 Å². The van der Waals surface area contributed by atoms with Gasteiger partial charge in [-0.05, 0) is 62.4 Å². The van der Waals surface area contributed by atoms with Crippen LogP contribution in [0.15, 0.2) is 54.7 Å². The number of carbonyl (C=O) groups is 1. The predicted molar refractivity (Wildman–Crippen MR) is 100.0 cm³/mol. The first kappa shape index (κ1) is 18.0. The highest BCUT2D eigenvalue weighted by atomic mass is 35.5. The lowest BCUT2D eigenvalue weighted by Gasteiger charge is -2.13. The molecule has 0 spiro atoms. The molecular weight excluding hydrogens is 354 g/mol. The standard InChI is InChI=1S/C20H18ClNO4/c1-3-24-20(23)13(2)25-16-5-7-17(8-6-16)26-18-11-14-10-15(21)4-9-19(14)22-12-18/h4-13H,3H2,1-2H3. The van der Waals surface area contributed by atoms with Gasteiger partial charge in [0.2, 0.25) is 0 Å². The van der Waals surface area contributed by atoms with E-state index in [1.165, 1.54) is 0 Å². The van der Waals surface area contributed by atoms with Crippen molar-refractivity contribution in [1.29, 1.82) is 0 Å². The molecule has 0 amide bonds. The summed E-state index contributed by atoms with van der Waals surface area (Å²) in [5.41, 5.74) is 0.846. The van der Waals surface area contributed by atoms with Gasteiger partial charge in [-0.1, -0.05) is 11.6 Å². The van der Waals surface area contributed by atoms with Crippen molar-refractivity contribution in [2.75, 3.05) is 6.61 Å². The summed E-state index contributed by atoms with van der Waals surface area (Å²) in [5, 5.41) is 1.55. The zero-order valence-corrected chi connectivity index (χ0v) is 15.2. The van der Waals surface area contributed by atoms with E-state index in [0.29, 0.717) is 28.9 Å². The maximum absolute atomic E-state index is 11.6. The normalized spacial score (nSPS) is 11.8. The molecule has 0 bridgehead atoms. The first-order valence-corrected chi connectivity index (χ1v) is 8.59. The number of rotatable bonds is 6. The highest BCUT2D eigenvalue weighted by molar-refractivity contribution is 6.31. The Kier molecular flexibility index (Phi) is 5.58. The van der Waals surface area contributed by atoms with Crippen LogP contribution in [0, 0.1) is 0 Å². The third-order valence-corrected chi connectivity index (χ3v) is 3.84. The third-order valence-electron chi connectivity index (χ3n) is 3.61. The molecule has 5 nitrogen and oxygen atoms in total. The molecule has 6 heteroatoms. The van der Waals surface area contributed by atoms with Crippen LogP contribution < -0.4 is 9.47 Å². The molecule has 0 radical (unpaired) electrons. The fraction of sp³-hybridized carbons (Fsp3) is 0.200. The molecule has 2 aromatic carbocycles. The van der Waals surface area contributed by atoms with Crippen molar-refractivity contribution >= 4 is 28.5 Å². The number of hydrogen-bond donors (Lipinski definition) is 0. The van der Waals surface area contributed by atoms with Crippen LogP contribution in [-0.2, 0) is 9.53 Å². The second-order valence-electron chi connectivity index (χ2n) is 5.59. The van der Waals surface area contributed by atoms with E-state index < -0.39 is 12.1 Å². The molecule has 0 fully saturated rings. The number of pyridine rings is 1. The topological polar surface area (TPSA) is 57.7 Å². The average Bonchev–Trinajstić information content (AvgIpc) is 2.63. The second-order valence-corrected chi connectivity index (χ2v) is 6.03. The molecule has 26 heavy (non-hydrogen) atoms. The van der Waals surface area contributed by atoms with E-state index in [0.717, 1.165) is 10.9 Å². The monoisotopic (exact) mass is 371 g/mol. The molecule has 3 aromatic rings. The molecule has 0 saturated heterocycles. The van der Waals surface area contributed by atoms with Gasteiger partial charge in [0.05, 0.1) is 18.3 Å². The fourth-order valence-corrected chi connectivity index (χ4v) is 2.55. The molecule has 134 valence electrons. The first-order chi connectivity index (χ1) is 12.5. The molecular formula is C20H18ClNO4. The molecule has 3 rings (SSSR count). The predicted octanol–water partition coefficient (Wildman–Crippen LogP) is 5.01. The number of fused-ring (bicyclic) bond motifs is 1. The lowest BCUT2D eigenvalue weighted by Crippen LogP contribution is -2.25. The average molecular weight is 372 g/mol. The summed E-state index contributed by atoms with van der Waals surface area (Å²) in [5.74, 6) is 1.40. The number of ether oxygens (including phenoxy) is 3. The zero-order chi connectivity index (χ0) is 18.5. The molecule has 1 unspecified atom stereocenters. The number of nitrogens with zero attached hydrogens (tertiary/aromatic N) is 1. The van der Waals surface area contributed by atoms with Crippen molar-refractivity contribution in [3.05, 3.63) is 59.8 Å². The smallest absolute Gasteiger partial charge is 0.347 e. The van der Waals surface area contributed by atoms with Crippen molar-refractivity contribution < 1.29 is 19.0 Å². The van der Waals surface area contributed by atoms with E-state index >= 15 is 0 Å². The van der Waals surface area contributed by atoms with Crippen LogP contribution in [0.1, 0.15) is 13.8 Å². The SMILES string of the molecule is CCOC(=O)C(C)Oc1ccc(Oc2cnc3ccc(Cl)cc3c2)cc1. The minimum Gasteiger partial charge on any atom is -0.479 e. The summed E-state index contributed by atoms with van der Waals surface area (Å²) >= 11 is 6.02. The van der Waals surface area contributed by atoms with Crippen molar-refractivity contribution in [3.63, 3.8) is 0 Å². The Morgan fingerprint density at radius 2 is 1.81 bits per heavy atom. The molecule has 0 aliphatic carbocycles. The first-order valence-electron chi connectivity index (χ1n) is 8.21. The van der Waals surface area contributed by atoms with E-state index in [-0.39, 0.29) is 0 Å². The molecule has 1 atom stereocenters. The van der Waals surface area contributed by atoms with Gasteiger partial charge in [0, 0.05) is 10.4 Å². The molecule has 0 N–H and O–H groups in total. The second kappa shape index (κ2) is 8.06. The Balaban J connectivity index is 1.68. The third kappa shape index (κ3) is 4.43. The van der Waals surface area contributed by atoms with Gasteiger partial charge in [-0.3, -0.25) is 4.98 Å². The van der Waals surface area contributed by atoms with E-state index in [1.54, 1.807) is 50.4 Å². The Morgan fingerprint density at radius 1 is 1.08 bits per heavy atom. The van der Waals surface area contributed by atoms with Crippen molar-refractivity contribution in [2.24, 2.45) is 0 Å². The largest absolute Gasteiger partial charge is 0.479 e. The maximum Gasteiger partial charge on any atom is 0.347 e. The number of hydrogen-bond acceptors (Lipinski definition) is 5. The van der Waals surface area contributed by atoms with Crippen LogP contribution in [0.2, 0.25) is 5.02 Å². The Hall–Kier alpha value is -2.79. The lowest BCUT2D eigenvalue weighted by molar-refractivity contribution is -0.150. The summed E-state index contributed by atoms with van der Waals surface area (Å²) in [4.78, 5) is 16.0. The molecule has 1 aromatic heterocycles. The molecule has 0 aliphatic rings. The lowest BCUT2D eigenvalue weighted by atomic mass is 10.2. The van der Waals surface area contributed by atoms with Crippen LogP contribution in [-0.4, -0.2) is 23.7 Å². The summed E-state index contributed by atoms with van der Waals surface area (Å²) in [6, 6.07) is 14.4. The Morgan fingerprint density at radius 3 is 2.54 bits per heavy atom. The number of halogens is 1. The highest BCUT2D eigenvalue weighted by Crippen LogP contribution is 2.27. The van der Waals surface area contributed by atoms with Gasteiger partial charge in [0.25, 0.3) is 0 Å². The van der Waals surface area contributed by atoms with Crippen LogP contribution >= 0.6 is 11.6 Å². The minimum absolute atomic E-state index is 0.324. The minimum atomic E-state index is -0.670. The maximum atomic E-state index is 11.6. The van der Waals surface area contributed by atoms with Crippen LogP contribution in [0.3, 0.4) is 0 Å². The van der Waals surface area contributed by atoms with Gasteiger partial charge < -0.3 is 14.2 Å². The quantitative estimate of drug-likeness (QED) is 0.570. The van der Waals surface area contributed by atoms with Gasteiger partial charge >= 0.3 is 5.97 Å². The fourth-order valence-electron chi connectivity index (χ4n) is 2.37. The molecule has 0 aliphatic heterocycles. The Labute approximate surface area is 156 Å². The molecule has 0 saturated carbocycles. The van der Waals surface area contributed by atoms with Gasteiger partial charge in [0.1, 0.15) is 17.2 Å². The summed E-state index contributed by atoms with van der Waals surface area (Å²) in [7, 11) is 0. The van der Waals surface area contributed by atoms with Gasteiger partial charge in [-0.25, -0.2) is 4.79 Å². The van der Waals surface area contributed by atoms with E-state index in [9.17, 15) is 4.79 Å². The van der Waals surface area contributed by atoms with Crippen molar-refractivity contribution in [3.8, 4) is 17.2 Å². The Bertz CT molecular complexity index is 911. The van der Waals surface area contributed by atoms with Gasteiger partial charge in [-0.2, -0.15) is 0 Å². The number of carbonyl (C=O) groups excluding carboxylic acids is 1. The van der Waals surface area contributed by atoms with E-state index in [1.807, 2.05) is 18.2 Å². The van der Waals surface area contributed by atoms with Crippen molar-refractivity contribution in [1.82, 2.24) is 4.98 Å². The van der Waals surface area contributed by atoms with Crippen LogP contribution in [0.4, 0.5) is 0 Å². The van der Waals surface area contributed by atoms with E-state index in [2.05, 4.69) is 4.98 Å².